The Kier molecular flexibility index (Phi) is 2.91. The molecule has 1 rings (SSSR count). The smallest absolute Gasteiger partial charge is 0.319 e. The van der Waals surface area contributed by atoms with Crippen molar-refractivity contribution < 1.29 is 4.79 Å². The molecule has 0 radical (unpaired) electrons. The summed E-state index contributed by atoms with van der Waals surface area (Å²) in [5.41, 5.74) is 0.780. The zero-order valence-electron chi connectivity index (χ0n) is 7.95. The van der Waals surface area contributed by atoms with Crippen molar-refractivity contribution in [2.45, 2.75) is 6.42 Å². The highest BCUT2D eigenvalue weighted by atomic mass is 16.2. The van der Waals surface area contributed by atoms with E-state index in [4.69, 9.17) is 5.26 Å². The number of carbonyl (C=O) groups is 1. The number of urea groups is 1. The van der Waals surface area contributed by atoms with Crippen LogP contribution in [0.3, 0.4) is 0 Å². The molecule has 70 valence electrons. The van der Waals surface area contributed by atoms with E-state index in [0.29, 0.717) is 19.5 Å². The van der Waals surface area contributed by atoms with Crippen LogP contribution in [0.4, 0.5) is 4.79 Å². The Labute approximate surface area is 78.0 Å². The van der Waals surface area contributed by atoms with Crippen molar-refractivity contribution in [3.05, 3.63) is 11.6 Å². The van der Waals surface area contributed by atoms with Crippen LogP contribution in [0.15, 0.2) is 11.6 Å². The molecule has 13 heavy (non-hydrogen) atoms. The van der Waals surface area contributed by atoms with E-state index in [1.165, 1.54) is 0 Å². The second-order valence-corrected chi connectivity index (χ2v) is 3.21. The summed E-state index contributed by atoms with van der Waals surface area (Å²) in [6.07, 6.45) is 2.49. The van der Waals surface area contributed by atoms with E-state index in [1.54, 1.807) is 23.9 Å². The minimum Gasteiger partial charge on any atom is -0.331 e. The van der Waals surface area contributed by atoms with Gasteiger partial charge in [-0.15, -0.1) is 0 Å². The third-order valence-electron chi connectivity index (χ3n) is 2.01. The molecule has 0 fully saturated rings. The van der Waals surface area contributed by atoms with Crippen molar-refractivity contribution >= 4 is 6.03 Å². The van der Waals surface area contributed by atoms with Crippen molar-refractivity contribution in [2.75, 3.05) is 27.2 Å². The first-order chi connectivity index (χ1) is 6.15. The van der Waals surface area contributed by atoms with Crippen LogP contribution in [0.2, 0.25) is 0 Å². The minimum absolute atomic E-state index is 0.00763. The quantitative estimate of drug-likeness (QED) is 0.552. The lowest BCUT2D eigenvalue weighted by molar-refractivity contribution is 0.175. The SMILES string of the molecule is CN(C)C(=O)N1CC=C(C#N)CC1. The monoisotopic (exact) mass is 179 g/mol. The van der Waals surface area contributed by atoms with E-state index < -0.39 is 0 Å². The molecule has 2 amide bonds. The summed E-state index contributed by atoms with van der Waals surface area (Å²) in [6.45, 7) is 1.20. The Bertz CT molecular complexity index is 275. The molecule has 1 aliphatic rings. The third kappa shape index (κ3) is 2.22. The molecule has 0 aliphatic carbocycles. The van der Waals surface area contributed by atoms with E-state index in [1.807, 2.05) is 6.08 Å². The van der Waals surface area contributed by atoms with Crippen molar-refractivity contribution in [3.8, 4) is 6.07 Å². The number of hydrogen-bond acceptors (Lipinski definition) is 2. The Balaban J connectivity index is 2.56. The summed E-state index contributed by atoms with van der Waals surface area (Å²) >= 11 is 0. The van der Waals surface area contributed by atoms with Crippen LogP contribution in [-0.4, -0.2) is 43.0 Å². The molecule has 1 heterocycles. The van der Waals surface area contributed by atoms with Gasteiger partial charge in [-0.1, -0.05) is 6.08 Å². The highest BCUT2D eigenvalue weighted by Gasteiger charge is 2.17. The lowest BCUT2D eigenvalue weighted by atomic mass is 10.1. The average molecular weight is 179 g/mol. The largest absolute Gasteiger partial charge is 0.331 e. The van der Waals surface area contributed by atoms with Gasteiger partial charge in [-0.05, 0) is 6.42 Å². The van der Waals surface area contributed by atoms with Gasteiger partial charge in [-0.2, -0.15) is 5.26 Å². The number of carbonyl (C=O) groups excluding carboxylic acids is 1. The number of amides is 2. The molecular weight excluding hydrogens is 166 g/mol. The van der Waals surface area contributed by atoms with E-state index >= 15 is 0 Å². The molecular formula is C9H13N3O. The van der Waals surface area contributed by atoms with Gasteiger partial charge in [-0.3, -0.25) is 0 Å². The molecule has 0 aromatic rings. The van der Waals surface area contributed by atoms with Gasteiger partial charge in [0.1, 0.15) is 0 Å². The maximum absolute atomic E-state index is 11.4. The van der Waals surface area contributed by atoms with Gasteiger partial charge in [0.15, 0.2) is 0 Å². The Morgan fingerprint density at radius 3 is 2.77 bits per heavy atom. The topological polar surface area (TPSA) is 47.3 Å². The molecule has 0 bridgehead atoms. The second kappa shape index (κ2) is 3.94. The van der Waals surface area contributed by atoms with Gasteiger partial charge < -0.3 is 9.80 Å². The fraction of sp³-hybridized carbons (Fsp3) is 0.556. The van der Waals surface area contributed by atoms with Crippen LogP contribution in [0.25, 0.3) is 0 Å². The van der Waals surface area contributed by atoms with Crippen molar-refractivity contribution in [3.63, 3.8) is 0 Å². The molecule has 1 aliphatic heterocycles. The van der Waals surface area contributed by atoms with Crippen LogP contribution in [0, 0.1) is 11.3 Å². The summed E-state index contributed by atoms with van der Waals surface area (Å²) in [5.74, 6) is 0. The lowest BCUT2D eigenvalue weighted by Gasteiger charge is -2.27. The van der Waals surface area contributed by atoms with E-state index in [9.17, 15) is 4.79 Å². The lowest BCUT2D eigenvalue weighted by Crippen LogP contribution is -2.41. The van der Waals surface area contributed by atoms with Gasteiger partial charge in [0.2, 0.25) is 0 Å². The first-order valence-electron chi connectivity index (χ1n) is 4.20. The minimum atomic E-state index is 0.00763. The van der Waals surface area contributed by atoms with Gasteiger partial charge in [0.05, 0.1) is 6.07 Å². The second-order valence-electron chi connectivity index (χ2n) is 3.21. The normalized spacial score (nSPS) is 16.1. The highest BCUT2D eigenvalue weighted by molar-refractivity contribution is 5.74. The Hall–Kier alpha value is -1.50. The number of nitrogens with zero attached hydrogens (tertiary/aromatic N) is 3. The standard InChI is InChI=1S/C9H13N3O/c1-11(2)9(13)12-5-3-8(7-10)4-6-12/h3H,4-6H2,1-2H3. The van der Waals surface area contributed by atoms with Crippen LogP contribution in [0.5, 0.6) is 0 Å². The predicted molar refractivity (Wildman–Crippen MR) is 49.0 cm³/mol. The maximum atomic E-state index is 11.4. The van der Waals surface area contributed by atoms with Crippen LogP contribution in [-0.2, 0) is 0 Å². The zero-order valence-corrected chi connectivity index (χ0v) is 7.95. The van der Waals surface area contributed by atoms with Gasteiger partial charge in [-0.25, -0.2) is 4.79 Å². The molecule has 4 heteroatoms. The molecule has 4 nitrogen and oxygen atoms in total. The fourth-order valence-corrected chi connectivity index (χ4v) is 1.23. The molecule has 0 aromatic heterocycles. The first kappa shape index (κ1) is 9.59. The summed E-state index contributed by atoms with van der Waals surface area (Å²) < 4.78 is 0. The molecule has 0 N–H and O–H groups in total. The van der Waals surface area contributed by atoms with E-state index in [-0.39, 0.29) is 6.03 Å². The van der Waals surface area contributed by atoms with Gasteiger partial charge in [0, 0.05) is 32.8 Å². The van der Waals surface area contributed by atoms with Crippen molar-refractivity contribution in [1.29, 1.82) is 5.26 Å². The Morgan fingerprint density at radius 1 is 1.69 bits per heavy atom. The van der Waals surface area contributed by atoms with Crippen LogP contribution < -0.4 is 0 Å². The summed E-state index contributed by atoms with van der Waals surface area (Å²) in [6, 6.07) is 2.11. The van der Waals surface area contributed by atoms with Gasteiger partial charge in [0.25, 0.3) is 0 Å². The van der Waals surface area contributed by atoms with Crippen molar-refractivity contribution in [1.82, 2.24) is 9.80 Å². The molecule has 0 atom stereocenters. The molecule has 0 aromatic carbocycles. The fourth-order valence-electron chi connectivity index (χ4n) is 1.23. The van der Waals surface area contributed by atoms with Crippen LogP contribution in [0.1, 0.15) is 6.42 Å². The average Bonchev–Trinajstić information content (AvgIpc) is 2.17. The maximum Gasteiger partial charge on any atom is 0.319 e. The molecule has 0 spiro atoms. The van der Waals surface area contributed by atoms with E-state index in [2.05, 4.69) is 6.07 Å². The predicted octanol–water partition coefficient (Wildman–Crippen LogP) is 0.824. The Morgan fingerprint density at radius 2 is 2.38 bits per heavy atom. The molecule has 0 saturated heterocycles. The van der Waals surface area contributed by atoms with Crippen molar-refractivity contribution in [2.24, 2.45) is 0 Å². The summed E-state index contributed by atoms with van der Waals surface area (Å²) in [5, 5.41) is 8.59. The summed E-state index contributed by atoms with van der Waals surface area (Å²) in [7, 11) is 3.46. The van der Waals surface area contributed by atoms with E-state index in [0.717, 1.165) is 5.57 Å². The zero-order chi connectivity index (χ0) is 9.84. The third-order valence-corrected chi connectivity index (χ3v) is 2.01. The number of rotatable bonds is 0. The van der Waals surface area contributed by atoms with Crippen LogP contribution >= 0.6 is 0 Å². The number of hydrogen-bond donors (Lipinski definition) is 0. The summed E-state index contributed by atoms with van der Waals surface area (Å²) in [4.78, 5) is 14.7. The van der Waals surface area contributed by atoms with Gasteiger partial charge >= 0.3 is 6.03 Å². The first-order valence-corrected chi connectivity index (χ1v) is 4.20. The molecule has 0 saturated carbocycles. The number of nitriles is 1. The highest BCUT2D eigenvalue weighted by Crippen LogP contribution is 2.10. The molecule has 0 unspecified atom stereocenters.